The average molecular weight is 540 g/mol. The number of ether oxygens (including phenoxy) is 1. The molecule has 1 aromatic carbocycles. The number of nitrogens with zero attached hydrogens (tertiary/aromatic N) is 2. The van der Waals surface area contributed by atoms with Crippen molar-refractivity contribution in [3.63, 3.8) is 0 Å². The molecule has 1 heterocycles. The normalized spacial score (nSPS) is 12.7. The van der Waals surface area contributed by atoms with E-state index in [1.165, 1.54) is 42.0 Å². The summed E-state index contributed by atoms with van der Waals surface area (Å²) in [6.45, 7) is 0.602. The van der Waals surface area contributed by atoms with Crippen molar-refractivity contribution >= 4 is 69.2 Å². The Hall–Kier alpha value is -0.440. The number of aryl methyl sites for hydroxylation is 1. The summed E-state index contributed by atoms with van der Waals surface area (Å²) in [6.07, 6.45) is 1.41. The van der Waals surface area contributed by atoms with Crippen LogP contribution in [0.4, 0.5) is 13.2 Å². The number of hydrogen-bond donors (Lipinski definition) is 0. The van der Waals surface area contributed by atoms with E-state index in [1.54, 1.807) is 0 Å². The lowest BCUT2D eigenvalue weighted by Crippen LogP contribution is -2.06. The van der Waals surface area contributed by atoms with Gasteiger partial charge in [0.05, 0.1) is 9.80 Å². The van der Waals surface area contributed by atoms with Crippen LogP contribution in [0.25, 0.3) is 17.3 Å². The lowest BCUT2D eigenvalue weighted by atomic mass is 10.1. The Labute approximate surface area is 195 Å². The minimum atomic E-state index is -3.13. The lowest BCUT2D eigenvalue weighted by molar-refractivity contribution is -0.0552. The van der Waals surface area contributed by atoms with Crippen molar-refractivity contribution in [2.24, 2.45) is 7.05 Å². The maximum Gasteiger partial charge on any atom is 0.388 e. The van der Waals surface area contributed by atoms with E-state index in [0.717, 1.165) is 10.7 Å². The van der Waals surface area contributed by atoms with Gasteiger partial charge in [0.15, 0.2) is 0 Å². The fourth-order valence-electron chi connectivity index (χ4n) is 2.43. The van der Waals surface area contributed by atoms with Crippen LogP contribution in [0.5, 0.6) is 5.88 Å². The molecule has 0 amide bonds. The molecule has 0 aliphatic carbocycles. The summed E-state index contributed by atoms with van der Waals surface area (Å²) in [5.74, 6) is 0.000620. The van der Waals surface area contributed by atoms with E-state index >= 15 is 0 Å². The van der Waals surface area contributed by atoms with E-state index in [4.69, 9.17) is 34.8 Å². The van der Waals surface area contributed by atoms with E-state index in [2.05, 4.69) is 9.84 Å². The lowest BCUT2D eigenvalue weighted by Gasteiger charge is -2.15. The zero-order valence-corrected chi connectivity index (χ0v) is 20.8. The Kier molecular flexibility index (Phi) is 9.40. The van der Waals surface area contributed by atoms with Crippen LogP contribution in [0.15, 0.2) is 16.9 Å². The molecule has 0 saturated heterocycles. The maximum absolute atomic E-state index is 14.6. The number of hydrogen-bond acceptors (Lipinski definition) is 5. The summed E-state index contributed by atoms with van der Waals surface area (Å²) in [5.41, 5.74) is -2.89. The summed E-state index contributed by atoms with van der Waals surface area (Å²) in [4.78, 5) is 0. The van der Waals surface area contributed by atoms with Crippen molar-refractivity contribution in [3.05, 3.63) is 38.3 Å². The van der Waals surface area contributed by atoms with Crippen LogP contribution < -0.4 is 4.74 Å². The quantitative estimate of drug-likeness (QED) is 0.300. The summed E-state index contributed by atoms with van der Waals surface area (Å²) in [5, 5.41) is 3.72. The van der Waals surface area contributed by atoms with Gasteiger partial charge < -0.3 is 4.74 Å². The fourth-order valence-corrected chi connectivity index (χ4v) is 11.1. The van der Waals surface area contributed by atoms with Crippen LogP contribution in [0.2, 0.25) is 10.0 Å². The Morgan fingerprint density at radius 2 is 1.90 bits per heavy atom. The van der Waals surface area contributed by atoms with E-state index in [1.807, 2.05) is 13.8 Å². The molecule has 0 radical (unpaired) electrons. The van der Waals surface area contributed by atoms with Gasteiger partial charge in [0, 0.05) is 12.6 Å². The topological polar surface area (TPSA) is 44.1 Å². The average Bonchev–Trinajstić information content (AvgIpc) is 2.92. The first kappa shape index (κ1) is 25.8. The molecule has 0 fully saturated rings. The van der Waals surface area contributed by atoms with Gasteiger partial charge in [-0.3, -0.25) is 4.57 Å². The molecule has 0 aliphatic rings. The number of aromatic nitrogens is 2. The third-order valence-corrected chi connectivity index (χ3v) is 14.2. The first-order valence-corrected chi connectivity index (χ1v) is 14.5. The van der Waals surface area contributed by atoms with Crippen LogP contribution in [0.1, 0.15) is 19.4 Å². The highest BCUT2D eigenvalue weighted by Crippen LogP contribution is 2.75. The van der Waals surface area contributed by atoms with Crippen molar-refractivity contribution in [1.29, 1.82) is 0 Å². The molecular formula is C17H17Cl3F3N2O2PS2. The van der Waals surface area contributed by atoms with Crippen LogP contribution in [-0.2, 0) is 11.6 Å². The molecule has 0 unspecified atom stereocenters. The fraction of sp³-hybridized carbons (Fsp3) is 0.353. The number of benzene rings is 1. The van der Waals surface area contributed by atoms with Crippen molar-refractivity contribution in [3.8, 4) is 17.1 Å². The van der Waals surface area contributed by atoms with E-state index in [9.17, 15) is 17.7 Å². The second-order valence-electron chi connectivity index (χ2n) is 5.62. The molecule has 13 heteroatoms. The zero-order valence-electron chi connectivity index (χ0n) is 16.0. The maximum atomic E-state index is 14.6. The molecule has 2 aromatic rings. The van der Waals surface area contributed by atoms with Gasteiger partial charge in [0.25, 0.3) is 0 Å². The molecule has 0 saturated carbocycles. The second kappa shape index (κ2) is 10.9. The van der Waals surface area contributed by atoms with Gasteiger partial charge >= 0.3 is 6.61 Å². The Bertz CT molecular complexity index is 995. The molecule has 30 heavy (non-hydrogen) atoms. The monoisotopic (exact) mass is 538 g/mol. The molecule has 2 rings (SSSR count). The summed E-state index contributed by atoms with van der Waals surface area (Å²) in [6, 6.07) is 2.34. The van der Waals surface area contributed by atoms with Crippen LogP contribution in [0, 0.1) is 5.82 Å². The first-order chi connectivity index (χ1) is 14.0. The number of rotatable bonds is 9. The van der Waals surface area contributed by atoms with Gasteiger partial charge in [-0.2, -0.15) is 13.9 Å². The van der Waals surface area contributed by atoms with Gasteiger partial charge in [-0.15, -0.1) is 0 Å². The Morgan fingerprint density at radius 1 is 1.30 bits per heavy atom. The van der Waals surface area contributed by atoms with Gasteiger partial charge in [-0.1, -0.05) is 71.4 Å². The van der Waals surface area contributed by atoms with Crippen molar-refractivity contribution < 1.29 is 22.5 Å². The smallest absolute Gasteiger partial charge is 0.388 e. The van der Waals surface area contributed by atoms with Gasteiger partial charge in [-0.25, -0.2) is 9.07 Å². The van der Waals surface area contributed by atoms with E-state index in [-0.39, 0.29) is 31.6 Å². The highest BCUT2D eigenvalue weighted by Gasteiger charge is 2.28. The number of halogens is 6. The number of alkyl halides is 2. The molecular weight excluding hydrogens is 523 g/mol. The summed E-state index contributed by atoms with van der Waals surface area (Å²) >= 11 is 21.1. The molecule has 0 bridgehead atoms. The van der Waals surface area contributed by atoms with E-state index in [0.29, 0.717) is 11.5 Å². The van der Waals surface area contributed by atoms with Crippen LogP contribution >= 0.6 is 63.1 Å². The molecule has 1 aromatic heterocycles. The molecule has 0 aliphatic heterocycles. The van der Waals surface area contributed by atoms with Crippen molar-refractivity contribution in [1.82, 2.24) is 9.78 Å². The molecule has 0 spiro atoms. The molecule has 0 atom stereocenters. The zero-order chi connectivity index (χ0) is 22.6. The van der Waals surface area contributed by atoms with E-state index < -0.39 is 23.9 Å². The largest absolute Gasteiger partial charge is 0.416 e. The van der Waals surface area contributed by atoms with Gasteiger partial charge in [-0.05, 0) is 35.3 Å². The SMILES string of the molecule is CCSP(=O)(SCC)C(Cl)=Cc1cc(-c2nn(C)c(OC(F)F)c2Cl)c(F)cc1Cl. The van der Waals surface area contributed by atoms with Crippen LogP contribution in [0.3, 0.4) is 0 Å². The summed E-state index contributed by atoms with van der Waals surface area (Å²) in [7, 11) is 1.33. The predicted octanol–water partition coefficient (Wildman–Crippen LogP) is 8.37. The van der Waals surface area contributed by atoms with Gasteiger partial charge in [0.2, 0.25) is 11.4 Å². The second-order valence-corrected chi connectivity index (χ2v) is 15.6. The Balaban J connectivity index is 2.58. The highest BCUT2D eigenvalue weighted by atomic mass is 35.5. The van der Waals surface area contributed by atoms with Crippen molar-refractivity contribution in [2.45, 2.75) is 20.5 Å². The Morgan fingerprint density at radius 3 is 2.43 bits per heavy atom. The highest BCUT2D eigenvalue weighted by molar-refractivity contribution is 8.92. The van der Waals surface area contributed by atoms with Gasteiger partial charge in [0.1, 0.15) is 16.5 Å². The molecule has 166 valence electrons. The van der Waals surface area contributed by atoms with Crippen LogP contribution in [-0.4, -0.2) is 27.9 Å². The minimum absolute atomic E-state index is 0.0278. The third kappa shape index (κ3) is 5.87. The molecule has 0 N–H and O–H groups in total. The van der Waals surface area contributed by atoms with Crippen molar-refractivity contribution in [2.75, 3.05) is 11.5 Å². The summed E-state index contributed by atoms with van der Waals surface area (Å²) < 4.78 is 58.4. The minimum Gasteiger partial charge on any atom is -0.416 e. The predicted molar refractivity (Wildman–Crippen MR) is 123 cm³/mol. The third-order valence-electron chi connectivity index (χ3n) is 3.62. The first-order valence-electron chi connectivity index (χ1n) is 8.47. The molecule has 4 nitrogen and oxygen atoms in total. The standard InChI is InChI=1S/C17H17Cl3F3N2O2PS2/c1-4-29-28(26,30-5-2)13(19)7-9-6-10(12(21)8-11(9)18)15-14(20)16(25(3)24-15)27-17(22)23/h6-8,17H,4-5H2,1-3H3.